The van der Waals surface area contributed by atoms with Crippen molar-refractivity contribution in [1.29, 1.82) is 0 Å². The lowest BCUT2D eigenvalue weighted by molar-refractivity contribution is -0.123. The van der Waals surface area contributed by atoms with Crippen LogP contribution in [0.1, 0.15) is 27.2 Å². The highest BCUT2D eigenvalue weighted by molar-refractivity contribution is 5.92. The van der Waals surface area contributed by atoms with Gasteiger partial charge in [-0.1, -0.05) is 27.4 Å². The molecule has 0 bridgehead atoms. The molecule has 1 amide bonds. The molecule has 13 heavy (non-hydrogen) atoms. The predicted molar refractivity (Wildman–Crippen MR) is 54.1 cm³/mol. The van der Waals surface area contributed by atoms with E-state index < -0.39 is 0 Å². The van der Waals surface area contributed by atoms with Crippen molar-refractivity contribution in [3.05, 3.63) is 24.4 Å². The van der Waals surface area contributed by atoms with Crippen LogP contribution in [0.3, 0.4) is 0 Å². The normalized spacial score (nSPS) is 17.3. The Morgan fingerprint density at radius 2 is 2.00 bits per heavy atom. The van der Waals surface area contributed by atoms with Crippen LogP contribution >= 0.6 is 0 Å². The van der Waals surface area contributed by atoms with Crippen molar-refractivity contribution in [2.24, 2.45) is 5.41 Å². The molecule has 0 aliphatic carbocycles. The third kappa shape index (κ3) is 2.72. The molecule has 1 aliphatic heterocycles. The standard InChI is InChI=1S/C11H17NO/c1-9-5-6-10(13)12(9)8-7-11(2,3)4/h5-6H,1,7-8H2,2-4H3. The molecule has 0 saturated carbocycles. The van der Waals surface area contributed by atoms with E-state index in [0.29, 0.717) is 0 Å². The number of nitrogens with zero attached hydrogens (tertiary/aromatic N) is 1. The van der Waals surface area contributed by atoms with E-state index >= 15 is 0 Å². The Morgan fingerprint density at radius 3 is 2.38 bits per heavy atom. The molecule has 1 aliphatic rings. The summed E-state index contributed by atoms with van der Waals surface area (Å²) in [7, 11) is 0. The first-order chi connectivity index (χ1) is 5.90. The van der Waals surface area contributed by atoms with E-state index in [1.54, 1.807) is 17.1 Å². The number of hydrogen-bond donors (Lipinski definition) is 0. The Bertz CT molecular complexity index is 240. The van der Waals surface area contributed by atoms with Crippen LogP contribution in [-0.4, -0.2) is 17.4 Å². The maximum absolute atomic E-state index is 11.3. The molecule has 0 aromatic carbocycles. The monoisotopic (exact) mass is 179 g/mol. The molecule has 0 saturated heterocycles. The molecule has 1 heterocycles. The van der Waals surface area contributed by atoms with Crippen molar-refractivity contribution in [2.75, 3.05) is 6.54 Å². The smallest absolute Gasteiger partial charge is 0.251 e. The molecule has 0 fully saturated rings. The van der Waals surface area contributed by atoms with Gasteiger partial charge in [0.1, 0.15) is 0 Å². The maximum Gasteiger partial charge on any atom is 0.251 e. The highest BCUT2D eigenvalue weighted by Crippen LogP contribution is 2.22. The molecule has 72 valence electrons. The van der Waals surface area contributed by atoms with Gasteiger partial charge in [0.25, 0.3) is 5.91 Å². The van der Waals surface area contributed by atoms with Crippen molar-refractivity contribution >= 4 is 5.91 Å². The molecule has 0 aromatic heterocycles. The summed E-state index contributed by atoms with van der Waals surface area (Å²) in [5.41, 5.74) is 1.08. The van der Waals surface area contributed by atoms with Crippen LogP contribution in [-0.2, 0) is 4.79 Å². The number of rotatable bonds is 2. The minimum atomic E-state index is 0.0641. The van der Waals surface area contributed by atoms with E-state index in [0.717, 1.165) is 18.7 Å². The van der Waals surface area contributed by atoms with Gasteiger partial charge in [0.05, 0.1) is 0 Å². The molecule has 0 unspecified atom stereocenters. The van der Waals surface area contributed by atoms with Crippen LogP contribution in [0.5, 0.6) is 0 Å². The van der Waals surface area contributed by atoms with Gasteiger partial charge in [0, 0.05) is 18.3 Å². The van der Waals surface area contributed by atoms with Gasteiger partial charge in [-0.25, -0.2) is 0 Å². The first-order valence-electron chi connectivity index (χ1n) is 4.59. The van der Waals surface area contributed by atoms with E-state index in [-0.39, 0.29) is 11.3 Å². The zero-order chi connectivity index (χ0) is 10.1. The number of hydrogen-bond acceptors (Lipinski definition) is 1. The van der Waals surface area contributed by atoms with Crippen LogP contribution in [0.2, 0.25) is 0 Å². The lowest BCUT2D eigenvalue weighted by Gasteiger charge is -2.23. The Morgan fingerprint density at radius 1 is 1.38 bits per heavy atom. The molecule has 0 N–H and O–H groups in total. The van der Waals surface area contributed by atoms with E-state index in [1.807, 2.05) is 0 Å². The minimum absolute atomic E-state index is 0.0641. The Balaban J connectivity index is 2.47. The lowest BCUT2D eigenvalue weighted by atomic mass is 9.92. The summed E-state index contributed by atoms with van der Waals surface area (Å²) in [5, 5.41) is 0. The van der Waals surface area contributed by atoms with Crippen molar-refractivity contribution in [3.63, 3.8) is 0 Å². The number of allylic oxidation sites excluding steroid dienone is 1. The first-order valence-corrected chi connectivity index (χ1v) is 4.59. The van der Waals surface area contributed by atoms with Gasteiger partial charge in [-0.2, -0.15) is 0 Å². The molecule has 0 radical (unpaired) electrons. The van der Waals surface area contributed by atoms with Gasteiger partial charge >= 0.3 is 0 Å². The Hall–Kier alpha value is -1.05. The second-order valence-corrected chi connectivity index (χ2v) is 4.63. The average molecular weight is 179 g/mol. The van der Waals surface area contributed by atoms with Crippen molar-refractivity contribution in [3.8, 4) is 0 Å². The van der Waals surface area contributed by atoms with Gasteiger partial charge < -0.3 is 4.90 Å². The maximum atomic E-state index is 11.3. The van der Waals surface area contributed by atoms with Crippen molar-refractivity contribution < 1.29 is 4.79 Å². The van der Waals surface area contributed by atoms with E-state index in [9.17, 15) is 4.79 Å². The quantitative estimate of drug-likeness (QED) is 0.637. The Labute approximate surface area is 79.9 Å². The van der Waals surface area contributed by atoms with Crippen LogP contribution in [0, 0.1) is 5.41 Å². The summed E-state index contributed by atoms with van der Waals surface area (Å²) in [6.07, 6.45) is 4.34. The molecule has 0 atom stereocenters. The second-order valence-electron chi connectivity index (χ2n) is 4.63. The SMILES string of the molecule is C=C1C=CC(=O)N1CCC(C)(C)C. The van der Waals surface area contributed by atoms with Crippen LogP contribution in [0.15, 0.2) is 24.4 Å². The summed E-state index contributed by atoms with van der Waals surface area (Å²) in [6.45, 7) is 11.1. The molecule has 2 nitrogen and oxygen atoms in total. The molecule has 1 rings (SSSR count). The van der Waals surface area contributed by atoms with Crippen molar-refractivity contribution in [1.82, 2.24) is 4.90 Å². The fraction of sp³-hybridized carbons (Fsp3) is 0.545. The Kier molecular flexibility index (Phi) is 2.60. The highest BCUT2D eigenvalue weighted by atomic mass is 16.2. The minimum Gasteiger partial charge on any atom is -0.309 e. The fourth-order valence-electron chi connectivity index (χ4n) is 1.19. The second kappa shape index (κ2) is 3.36. The van der Waals surface area contributed by atoms with Crippen LogP contribution < -0.4 is 0 Å². The third-order valence-corrected chi connectivity index (χ3v) is 2.12. The molecule has 0 spiro atoms. The van der Waals surface area contributed by atoms with Crippen LogP contribution in [0.4, 0.5) is 0 Å². The summed E-state index contributed by atoms with van der Waals surface area (Å²) in [5.74, 6) is 0.0641. The van der Waals surface area contributed by atoms with E-state index in [4.69, 9.17) is 0 Å². The fourth-order valence-corrected chi connectivity index (χ4v) is 1.19. The number of amides is 1. The van der Waals surface area contributed by atoms with Crippen molar-refractivity contribution in [2.45, 2.75) is 27.2 Å². The summed E-state index contributed by atoms with van der Waals surface area (Å²) in [4.78, 5) is 13.0. The van der Waals surface area contributed by atoms with E-state index in [2.05, 4.69) is 27.4 Å². The zero-order valence-corrected chi connectivity index (χ0v) is 8.63. The van der Waals surface area contributed by atoms with Gasteiger partial charge in [-0.05, 0) is 17.9 Å². The van der Waals surface area contributed by atoms with Gasteiger partial charge in [0.15, 0.2) is 0 Å². The highest BCUT2D eigenvalue weighted by Gasteiger charge is 2.20. The van der Waals surface area contributed by atoms with Gasteiger partial charge in [-0.15, -0.1) is 0 Å². The molecular weight excluding hydrogens is 162 g/mol. The summed E-state index contributed by atoms with van der Waals surface area (Å²) in [6, 6.07) is 0. The molecule has 2 heteroatoms. The largest absolute Gasteiger partial charge is 0.309 e. The lowest BCUT2D eigenvalue weighted by Crippen LogP contribution is -2.27. The van der Waals surface area contributed by atoms with Gasteiger partial charge in [-0.3, -0.25) is 4.79 Å². The summed E-state index contributed by atoms with van der Waals surface area (Å²) < 4.78 is 0. The summed E-state index contributed by atoms with van der Waals surface area (Å²) >= 11 is 0. The number of carbonyl (C=O) groups is 1. The third-order valence-electron chi connectivity index (χ3n) is 2.12. The van der Waals surface area contributed by atoms with E-state index in [1.165, 1.54) is 0 Å². The molecular formula is C11H17NO. The average Bonchev–Trinajstić information content (AvgIpc) is 2.27. The number of carbonyl (C=O) groups excluding carboxylic acids is 1. The first kappa shape index (κ1) is 10.0. The zero-order valence-electron chi connectivity index (χ0n) is 8.63. The van der Waals surface area contributed by atoms with Gasteiger partial charge in [0.2, 0.25) is 0 Å². The van der Waals surface area contributed by atoms with Crippen LogP contribution in [0.25, 0.3) is 0 Å². The molecule has 0 aromatic rings. The topological polar surface area (TPSA) is 20.3 Å². The predicted octanol–water partition coefficient (Wildman–Crippen LogP) is 2.33.